The molecule has 0 saturated carbocycles. The molecule has 0 aliphatic carbocycles. The summed E-state index contributed by atoms with van der Waals surface area (Å²) in [7, 11) is 2.07. The Bertz CT molecular complexity index is 481. The molecule has 6 heteroatoms. The minimum atomic E-state index is 0.368. The predicted molar refractivity (Wildman–Crippen MR) is 91.4 cm³/mol. The summed E-state index contributed by atoms with van der Waals surface area (Å²) in [5, 5.41) is 0. The third-order valence-electron chi connectivity index (χ3n) is 5.11. The highest BCUT2D eigenvalue weighted by Crippen LogP contribution is 2.12. The molecule has 2 aliphatic rings. The van der Waals surface area contributed by atoms with Crippen LogP contribution in [0, 0.1) is 0 Å². The van der Waals surface area contributed by atoms with Crippen LogP contribution in [-0.2, 0) is 18.3 Å². The molecular weight excluding hydrogens is 290 g/mol. The van der Waals surface area contributed by atoms with Gasteiger partial charge < -0.3 is 9.30 Å². The van der Waals surface area contributed by atoms with E-state index in [2.05, 4.69) is 45.1 Å². The molecule has 1 aromatic heterocycles. The van der Waals surface area contributed by atoms with E-state index in [1.807, 2.05) is 12.4 Å². The van der Waals surface area contributed by atoms with Gasteiger partial charge in [0, 0.05) is 71.3 Å². The second-order valence-corrected chi connectivity index (χ2v) is 7.11. The lowest BCUT2D eigenvalue weighted by molar-refractivity contribution is -0.0566. The first-order valence-corrected chi connectivity index (χ1v) is 8.88. The fraction of sp³-hybridized carbons (Fsp3) is 0.824. The molecule has 23 heavy (non-hydrogen) atoms. The average molecular weight is 321 g/mol. The number of piperazine rings is 1. The minimum Gasteiger partial charge on any atom is -0.374 e. The molecule has 130 valence electrons. The van der Waals surface area contributed by atoms with Crippen LogP contribution in [0.15, 0.2) is 12.4 Å². The lowest BCUT2D eigenvalue weighted by atomic mass is 10.2. The molecule has 2 fully saturated rings. The molecule has 1 aromatic rings. The summed E-state index contributed by atoms with van der Waals surface area (Å²) in [5.41, 5.74) is 0. The maximum Gasteiger partial charge on any atom is 0.122 e. The molecule has 1 atom stereocenters. The molecule has 0 aromatic carbocycles. The van der Waals surface area contributed by atoms with Gasteiger partial charge in [-0.1, -0.05) is 0 Å². The van der Waals surface area contributed by atoms with Gasteiger partial charge >= 0.3 is 0 Å². The molecule has 0 radical (unpaired) electrons. The number of imidazole rings is 1. The molecule has 0 spiro atoms. The Labute approximate surface area is 140 Å². The van der Waals surface area contributed by atoms with Gasteiger partial charge in [-0.15, -0.1) is 0 Å². The molecule has 0 bridgehead atoms. The van der Waals surface area contributed by atoms with Gasteiger partial charge in [-0.2, -0.15) is 0 Å². The SMILES string of the molecule is CC(C)N1CCOC(CN2CCN(Cc3nccn3C)CC2)C1. The van der Waals surface area contributed by atoms with Gasteiger partial charge in [0.2, 0.25) is 0 Å². The molecule has 1 unspecified atom stereocenters. The van der Waals surface area contributed by atoms with E-state index < -0.39 is 0 Å². The number of ether oxygens (including phenoxy) is 1. The van der Waals surface area contributed by atoms with Crippen LogP contribution in [0.1, 0.15) is 19.7 Å². The second kappa shape index (κ2) is 7.75. The third kappa shape index (κ3) is 4.53. The van der Waals surface area contributed by atoms with Crippen LogP contribution < -0.4 is 0 Å². The summed E-state index contributed by atoms with van der Waals surface area (Å²) in [6.07, 6.45) is 4.27. The normalized spacial score (nSPS) is 25.3. The van der Waals surface area contributed by atoms with E-state index in [0.717, 1.165) is 64.8 Å². The predicted octanol–water partition coefficient (Wildman–Crippen LogP) is 0.647. The van der Waals surface area contributed by atoms with Crippen molar-refractivity contribution in [3.05, 3.63) is 18.2 Å². The molecule has 3 rings (SSSR count). The third-order valence-corrected chi connectivity index (χ3v) is 5.11. The average Bonchev–Trinajstić information content (AvgIpc) is 2.95. The fourth-order valence-electron chi connectivity index (χ4n) is 3.49. The number of hydrogen-bond donors (Lipinski definition) is 0. The van der Waals surface area contributed by atoms with Gasteiger partial charge in [-0.05, 0) is 13.8 Å². The summed E-state index contributed by atoms with van der Waals surface area (Å²) >= 11 is 0. The summed E-state index contributed by atoms with van der Waals surface area (Å²) < 4.78 is 8.09. The molecule has 2 aliphatic heterocycles. The van der Waals surface area contributed by atoms with Gasteiger partial charge in [0.05, 0.1) is 19.3 Å². The Kier molecular flexibility index (Phi) is 5.69. The Morgan fingerprint density at radius 2 is 1.91 bits per heavy atom. The highest BCUT2D eigenvalue weighted by atomic mass is 16.5. The summed E-state index contributed by atoms with van der Waals surface area (Å²) in [6, 6.07) is 0.621. The zero-order chi connectivity index (χ0) is 16.2. The Hall–Kier alpha value is -0.950. The largest absolute Gasteiger partial charge is 0.374 e. The summed E-state index contributed by atoms with van der Waals surface area (Å²) in [4.78, 5) is 12.0. The lowest BCUT2D eigenvalue weighted by Crippen LogP contribution is -2.53. The van der Waals surface area contributed by atoms with Crippen molar-refractivity contribution in [1.82, 2.24) is 24.3 Å². The monoisotopic (exact) mass is 321 g/mol. The lowest BCUT2D eigenvalue weighted by Gasteiger charge is -2.40. The van der Waals surface area contributed by atoms with Crippen LogP contribution in [0.3, 0.4) is 0 Å². The van der Waals surface area contributed by atoms with E-state index in [1.165, 1.54) is 0 Å². The summed E-state index contributed by atoms with van der Waals surface area (Å²) in [5.74, 6) is 1.15. The first-order chi connectivity index (χ1) is 11.1. The van der Waals surface area contributed by atoms with Crippen LogP contribution in [0.2, 0.25) is 0 Å². The number of aryl methyl sites for hydroxylation is 1. The van der Waals surface area contributed by atoms with Gasteiger partial charge in [-0.3, -0.25) is 14.7 Å². The number of nitrogens with zero attached hydrogens (tertiary/aromatic N) is 5. The van der Waals surface area contributed by atoms with Crippen molar-refractivity contribution in [2.45, 2.75) is 32.5 Å². The fourth-order valence-corrected chi connectivity index (χ4v) is 3.49. The van der Waals surface area contributed by atoms with E-state index in [9.17, 15) is 0 Å². The molecule has 6 nitrogen and oxygen atoms in total. The quantitative estimate of drug-likeness (QED) is 0.796. The topological polar surface area (TPSA) is 36.8 Å². The first-order valence-electron chi connectivity index (χ1n) is 8.88. The highest BCUT2D eigenvalue weighted by molar-refractivity contribution is 4.92. The highest BCUT2D eigenvalue weighted by Gasteiger charge is 2.26. The van der Waals surface area contributed by atoms with Crippen LogP contribution in [0.4, 0.5) is 0 Å². The van der Waals surface area contributed by atoms with Crippen LogP contribution >= 0.6 is 0 Å². The van der Waals surface area contributed by atoms with E-state index in [4.69, 9.17) is 4.74 Å². The summed E-state index contributed by atoms with van der Waals surface area (Å²) in [6.45, 7) is 14.1. The smallest absolute Gasteiger partial charge is 0.122 e. The van der Waals surface area contributed by atoms with Crippen LogP contribution in [-0.4, -0.2) is 88.8 Å². The molecule has 2 saturated heterocycles. The molecular formula is C17H31N5O. The van der Waals surface area contributed by atoms with Crippen molar-refractivity contribution in [3.63, 3.8) is 0 Å². The van der Waals surface area contributed by atoms with Gasteiger partial charge in [0.25, 0.3) is 0 Å². The van der Waals surface area contributed by atoms with E-state index >= 15 is 0 Å². The van der Waals surface area contributed by atoms with Gasteiger partial charge in [-0.25, -0.2) is 4.98 Å². The van der Waals surface area contributed by atoms with Crippen molar-refractivity contribution in [2.75, 3.05) is 52.4 Å². The Balaban J connectivity index is 1.41. The number of rotatable bonds is 5. The first kappa shape index (κ1) is 16.9. The van der Waals surface area contributed by atoms with E-state index in [-0.39, 0.29) is 0 Å². The van der Waals surface area contributed by atoms with Crippen LogP contribution in [0.25, 0.3) is 0 Å². The Morgan fingerprint density at radius 3 is 2.57 bits per heavy atom. The van der Waals surface area contributed by atoms with E-state index in [1.54, 1.807) is 0 Å². The Morgan fingerprint density at radius 1 is 1.17 bits per heavy atom. The minimum absolute atomic E-state index is 0.368. The van der Waals surface area contributed by atoms with E-state index in [0.29, 0.717) is 12.1 Å². The maximum atomic E-state index is 5.98. The van der Waals surface area contributed by atoms with Crippen LogP contribution in [0.5, 0.6) is 0 Å². The molecule has 0 amide bonds. The van der Waals surface area contributed by atoms with Crippen molar-refractivity contribution in [3.8, 4) is 0 Å². The number of morpholine rings is 1. The number of aromatic nitrogens is 2. The van der Waals surface area contributed by atoms with Gasteiger partial charge in [0.1, 0.15) is 5.82 Å². The van der Waals surface area contributed by atoms with Crippen molar-refractivity contribution in [2.24, 2.45) is 7.05 Å². The second-order valence-electron chi connectivity index (χ2n) is 7.11. The van der Waals surface area contributed by atoms with Crippen molar-refractivity contribution < 1.29 is 4.74 Å². The van der Waals surface area contributed by atoms with Gasteiger partial charge in [0.15, 0.2) is 0 Å². The maximum absolute atomic E-state index is 5.98. The zero-order valence-corrected chi connectivity index (χ0v) is 14.8. The zero-order valence-electron chi connectivity index (χ0n) is 14.8. The van der Waals surface area contributed by atoms with Crippen molar-refractivity contribution in [1.29, 1.82) is 0 Å². The number of hydrogen-bond acceptors (Lipinski definition) is 5. The molecule has 0 N–H and O–H groups in total. The molecule has 3 heterocycles. The standard InChI is InChI=1S/C17H31N5O/c1-15(2)22-10-11-23-16(13-22)12-20-6-8-21(9-7-20)14-17-18-4-5-19(17)3/h4-5,15-16H,6-14H2,1-3H3. The van der Waals surface area contributed by atoms with Crippen molar-refractivity contribution >= 4 is 0 Å².